The van der Waals surface area contributed by atoms with Gasteiger partial charge in [0, 0.05) is 13.1 Å². The van der Waals surface area contributed by atoms with Gasteiger partial charge in [0.1, 0.15) is 17.5 Å². The minimum Gasteiger partial charge on any atom is -0.497 e. The summed E-state index contributed by atoms with van der Waals surface area (Å²) in [6.07, 6.45) is 0. The lowest BCUT2D eigenvalue weighted by molar-refractivity contribution is -0.142. The summed E-state index contributed by atoms with van der Waals surface area (Å²) >= 11 is 0. The van der Waals surface area contributed by atoms with Gasteiger partial charge in [0.15, 0.2) is 6.61 Å². The molecule has 0 saturated heterocycles. The molecule has 0 spiro atoms. The second-order valence-corrected chi connectivity index (χ2v) is 7.06. The van der Waals surface area contributed by atoms with Gasteiger partial charge in [-0.1, -0.05) is 18.2 Å². The third-order valence-corrected chi connectivity index (χ3v) is 4.56. The highest BCUT2D eigenvalue weighted by atomic mass is 16.5. The molecule has 1 N–H and O–H groups in total. The molecule has 0 saturated carbocycles. The molecular weight excluding hydrogens is 368 g/mol. The zero-order chi connectivity index (χ0) is 21.4. The Morgan fingerprint density at radius 3 is 2.38 bits per heavy atom. The van der Waals surface area contributed by atoms with E-state index in [1.807, 2.05) is 63.2 Å². The Hall–Kier alpha value is -3.02. The van der Waals surface area contributed by atoms with Crippen LogP contribution < -0.4 is 14.8 Å². The Morgan fingerprint density at radius 2 is 1.76 bits per heavy atom. The molecule has 29 heavy (non-hydrogen) atoms. The fourth-order valence-corrected chi connectivity index (χ4v) is 3.12. The number of amides is 2. The number of nitrogens with one attached hydrogen (secondary N) is 1. The van der Waals surface area contributed by atoms with Crippen molar-refractivity contribution in [2.75, 3.05) is 20.3 Å². The fourth-order valence-electron chi connectivity index (χ4n) is 3.12. The fraction of sp³-hybridized carbons (Fsp3) is 0.391. The number of carbonyl (C=O) groups excluding carboxylic acids is 2. The largest absolute Gasteiger partial charge is 0.497 e. The van der Waals surface area contributed by atoms with Gasteiger partial charge >= 0.3 is 0 Å². The predicted octanol–water partition coefficient (Wildman–Crippen LogP) is 3.24. The van der Waals surface area contributed by atoms with E-state index in [9.17, 15) is 9.59 Å². The van der Waals surface area contributed by atoms with Gasteiger partial charge in [0.25, 0.3) is 5.91 Å². The third-order valence-electron chi connectivity index (χ3n) is 4.56. The molecule has 2 amide bonds. The van der Waals surface area contributed by atoms with Gasteiger partial charge in [-0.15, -0.1) is 0 Å². The summed E-state index contributed by atoms with van der Waals surface area (Å²) in [5, 5.41) is 2.78. The second kappa shape index (κ2) is 10.5. The maximum atomic E-state index is 13.0. The van der Waals surface area contributed by atoms with E-state index in [0.717, 1.165) is 16.7 Å². The maximum Gasteiger partial charge on any atom is 0.261 e. The molecule has 6 nitrogen and oxygen atoms in total. The molecule has 0 fully saturated rings. The average Bonchev–Trinajstić information content (AvgIpc) is 2.69. The molecule has 1 atom stereocenters. The molecule has 0 aliphatic carbocycles. The van der Waals surface area contributed by atoms with E-state index in [4.69, 9.17) is 9.47 Å². The van der Waals surface area contributed by atoms with Crippen molar-refractivity contribution in [3.05, 3.63) is 59.2 Å². The quantitative estimate of drug-likeness (QED) is 0.704. The Bertz CT molecular complexity index is 830. The lowest BCUT2D eigenvalue weighted by atomic mass is 10.1. The van der Waals surface area contributed by atoms with Gasteiger partial charge in [-0.2, -0.15) is 0 Å². The van der Waals surface area contributed by atoms with Gasteiger partial charge in [-0.3, -0.25) is 9.59 Å². The number of carbonyl (C=O) groups is 2. The molecule has 0 aliphatic rings. The van der Waals surface area contributed by atoms with Crippen LogP contribution in [0.4, 0.5) is 0 Å². The molecule has 0 aliphatic heterocycles. The number of methoxy groups -OCH3 is 1. The molecule has 156 valence electrons. The Balaban J connectivity index is 2.18. The van der Waals surface area contributed by atoms with Crippen molar-refractivity contribution >= 4 is 11.8 Å². The first-order valence-electron chi connectivity index (χ1n) is 9.75. The van der Waals surface area contributed by atoms with E-state index in [1.165, 1.54) is 4.90 Å². The van der Waals surface area contributed by atoms with Crippen LogP contribution in [0.25, 0.3) is 0 Å². The van der Waals surface area contributed by atoms with Crippen LogP contribution in [0.1, 0.15) is 30.5 Å². The summed E-state index contributed by atoms with van der Waals surface area (Å²) in [5.74, 6) is 0.885. The summed E-state index contributed by atoms with van der Waals surface area (Å²) in [4.78, 5) is 26.9. The molecular formula is C23H30N2O4. The van der Waals surface area contributed by atoms with E-state index >= 15 is 0 Å². The SMILES string of the molecule is CCNC(=O)C(C)N(Cc1cccc(OC)c1)C(=O)COc1cc(C)cc(C)c1. The van der Waals surface area contributed by atoms with E-state index < -0.39 is 6.04 Å². The number of likely N-dealkylation sites (N-methyl/N-ethyl adjacent to an activating group) is 1. The summed E-state index contributed by atoms with van der Waals surface area (Å²) in [6.45, 7) is 8.17. The Kier molecular flexibility index (Phi) is 8.07. The van der Waals surface area contributed by atoms with Crippen molar-refractivity contribution in [3.8, 4) is 11.5 Å². The molecule has 1 unspecified atom stereocenters. The minimum atomic E-state index is -0.628. The van der Waals surface area contributed by atoms with Crippen molar-refractivity contribution in [2.24, 2.45) is 0 Å². The predicted molar refractivity (Wildman–Crippen MR) is 113 cm³/mol. The van der Waals surface area contributed by atoms with Crippen LogP contribution in [-0.2, 0) is 16.1 Å². The first kappa shape index (κ1) is 22.3. The standard InChI is InChI=1S/C23H30N2O4/c1-6-24-23(27)18(4)25(14-19-8-7-9-20(13-19)28-5)22(26)15-29-21-11-16(2)10-17(3)12-21/h7-13,18H,6,14-15H2,1-5H3,(H,24,27). The highest BCUT2D eigenvalue weighted by Gasteiger charge is 2.26. The van der Waals surface area contributed by atoms with Gasteiger partial charge < -0.3 is 19.7 Å². The summed E-state index contributed by atoms with van der Waals surface area (Å²) in [5.41, 5.74) is 3.01. The molecule has 2 rings (SSSR count). The highest BCUT2D eigenvalue weighted by Crippen LogP contribution is 2.18. The van der Waals surface area contributed by atoms with Crippen molar-refractivity contribution in [1.29, 1.82) is 0 Å². The second-order valence-electron chi connectivity index (χ2n) is 7.06. The zero-order valence-corrected chi connectivity index (χ0v) is 17.8. The number of benzene rings is 2. The van der Waals surface area contributed by atoms with E-state index in [2.05, 4.69) is 5.32 Å². The van der Waals surface area contributed by atoms with E-state index in [0.29, 0.717) is 18.0 Å². The highest BCUT2D eigenvalue weighted by molar-refractivity contribution is 5.87. The maximum absolute atomic E-state index is 13.0. The summed E-state index contributed by atoms with van der Waals surface area (Å²) in [6, 6.07) is 12.6. The zero-order valence-electron chi connectivity index (χ0n) is 17.8. The van der Waals surface area contributed by atoms with Gasteiger partial charge in [0.05, 0.1) is 7.11 Å². The first-order valence-corrected chi connectivity index (χ1v) is 9.75. The monoisotopic (exact) mass is 398 g/mol. The number of rotatable bonds is 9. The molecule has 0 aromatic heterocycles. The number of hydrogen-bond acceptors (Lipinski definition) is 4. The summed E-state index contributed by atoms with van der Waals surface area (Å²) in [7, 11) is 1.59. The number of nitrogens with zero attached hydrogens (tertiary/aromatic N) is 1. The smallest absolute Gasteiger partial charge is 0.261 e. The van der Waals surface area contributed by atoms with Crippen LogP contribution in [0.2, 0.25) is 0 Å². The molecule has 2 aromatic rings. The van der Waals surface area contributed by atoms with E-state index in [1.54, 1.807) is 14.0 Å². The third kappa shape index (κ3) is 6.52. The van der Waals surface area contributed by atoms with Crippen LogP contribution in [0.15, 0.2) is 42.5 Å². The Morgan fingerprint density at radius 1 is 1.07 bits per heavy atom. The van der Waals surface area contributed by atoms with Crippen LogP contribution in [0.3, 0.4) is 0 Å². The van der Waals surface area contributed by atoms with Crippen LogP contribution in [0, 0.1) is 13.8 Å². The topological polar surface area (TPSA) is 67.9 Å². The average molecular weight is 399 g/mol. The number of aryl methyl sites for hydroxylation is 2. The van der Waals surface area contributed by atoms with Crippen molar-refractivity contribution in [2.45, 2.75) is 40.3 Å². The molecule has 2 aromatic carbocycles. The molecule has 0 radical (unpaired) electrons. The minimum absolute atomic E-state index is 0.142. The van der Waals surface area contributed by atoms with Crippen LogP contribution in [0.5, 0.6) is 11.5 Å². The summed E-state index contributed by atoms with van der Waals surface area (Å²) < 4.78 is 11.0. The van der Waals surface area contributed by atoms with Crippen molar-refractivity contribution in [3.63, 3.8) is 0 Å². The van der Waals surface area contributed by atoms with E-state index in [-0.39, 0.29) is 25.0 Å². The number of ether oxygens (including phenoxy) is 2. The van der Waals surface area contributed by atoms with Gasteiger partial charge in [-0.05, 0) is 68.7 Å². The van der Waals surface area contributed by atoms with Gasteiger partial charge in [0.2, 0.25) is 5.91 Å². The van der Waals surface area contributed by atoms with Crippen LogP contribution >= 0.6 is 0 Å². The molecule has 0 heterocycles. The molecule has 6 heteroatoms. The number of hydrogen-bond donors (Lipinski definition) is 1. The van der Waals surface area contributed by atoms with Crippen molar-refractivity contribution in [1.82, 2.24) is 10.2 Å². The molecule has 0 bridgehead atoms. The first-order chi connectivity index (χ1) is 13.8. The van der Waals surface area contributed by atoms with Crippen molar-refractivity contribution < 1.29 is 19.1 Å². The van der Waals surface area contributed by atoms with Gasteiger partial charge in [-0.25, -0.2) is 0 Å². The van der Waals surface area contributed by atoms with Crippen LogP contribution in [-0.4, -0.2) is 43.0 Å². The normalized spacial score (nSPS) is 11.5. The Labute approximate surface area is 172 Å². The lowest BCUT2D eigenvalue weighted by Crippen LogP contribution is -2.49. The lowest BCUT2D eigenvalue weighted by Gasteiger charge is -2.28.